The quantitative estimate of drug-likeness (QED) is 0.459. The predicted octanol–water partition coefficient (Wildman–Crippen LogP) is 3.38. The van der Waals surface area contributed by atoms with Crippen molar-refractivity contribution in [3.63, 3.8) is 0 Å². The van der Waals surface area contributed by atoms with E-state index in [0.29, 0.717) is 13.2 Å². The summed E-state index contributed by atoms with van der Waals surface area (Å²) in [4.78, 5) is 12.5. The van der Waals surface area contributed by atoms with E-state index < -0.39 is 0 Å². The zero-order valence-electron chi connectivity index (χ0n) is 15.1. The number of carbonyl (C=O) groups excluding carboxylic acids is 1. The summed E-state index contributed by atoms with van der Waals surface area (Å²) in [6.07, 6.45) is 8.35. The highest BCUT2D eigenvalue weighted by atomic mass is 16.5. The number of aryl methyl sites for hydroxylation is 1. The molecular formula is C19H31NO4. The fourth-order valence-electron chi connectivity index (χ4n) is 3.29. The first-order valence-corrected chi connectivity index (χ1v) is 9.14. The molecule has 0 saturated carbocycles. The van der Waals surface area contributed by atoms with Crippen LogP contribution in [0.25, 0.3) is 0 Å². The van der Waals surface area contributed by atoms with Crippen LogP contribution in [0.5, 0.6) is 0 Å². The molecule has 1 aliphatic carbocycles. The maximum atomic E-state index is 12.5. The average molecular weight is 337 g/mol. The van der Waals surface area contributed by atoms with Crippen molar-refractivity contribution in [2.24, 2.45) is 0 Å². The van der Waals surface area contributed by atoms with Crippen LogP contribution in [0.4, 0.5) is 0 Å². The Morgan fingerprint density at radius 2 is 1.67 bits per heavy atom. The molecule has 0 amide bonds. The van der Waals surface area contributed by atoms with Crippen LogP contribution in [-0.4, -0.2) is 44.6 Å². The van der Waals surface area contributed by atoms with Gasteiger partial charge in [-0.15, -0.1) is 0 Å². The van der Waals surface area contributed by atoms with Crippen molar-refractivity contribution >= 4 is 5.97 Å². The highest BCUT2D eigenvalue weighted by molar-refractivity contribution is 5.88. The monoisotopic (exact) mass is 337 g/mol. The zero-order valence-corrected chi connectivity index (χ0v) is 15.1. The molecular weight excluding hydrogens is 306 g/mol. The third-order valence-electron chi connectivity index (χ3n) is 4.57. The zero-order chi connectivity index (χ0) is 17.2. The molecule has 0 aromatic carbocycles. The number of hydrogen-bond donors (Lipinski definition) is 0. The SMILES string of the molecule is COCCCCOC(=O)c1cc2c(n1CCCCOC)CCCC2. The van der Waals surface area contributed by atoms with Crippen LogP contribution in [0.1, 0.15) is 60.3 Å². The van der Waals surface area contributed by atoms with Crippen molar-refractivity contribution < 1.29 is 19.0 Å². The standard InChI is InChI=1S/C19H31NO4/c1-22-12-6-5-11-20-17-10-4-3-9-16(17)15-18(20)19(21)24-14-8-7-13-23-2/h15H,3-14H2,1-2H3. The van der Waals surface area contributed by atoms with Crippen LogP contribution in [0.3, 0.4) is 0 Å². The largest absolute Gasteiger partial charge is 0.461 e. The van der Waals surface area contributed by atoms with Gasteiger partial charge < -0.3 is 18.8 Å². The first kappa shape index (κ1) is 19.0. The highest BCUT2D eigenvalue weighted by Crippen LogP contribution is 2.26. The van der Waals surface area contributed by atoms with Gasteiger partial charge in [0.2, 0.25) is 0 Å². The summed E-state index contributed by atoms with van der Waals surface area (Å²) in [5.41, 5.74) is 3.40. The van der Waals surface area contributed by atoms with Gasteiger partial charge in [0.05, 0.1) is 6.61 Å². The molecule has 0 N–H and O–H groups in total. The molecule has 5 heteroatoms. The van der Waals surface area contributed by atoms with Crippen molar-refractivity contribution in [1.29, 1.82) is 0 Å². The van der Waals surface area contributed by atoms with Crippen LogP contribution < -0.4 is 0 Å². The summed E-state index contributed by atoms with van der Waals surface area (Å²) in [5, 5.41) is 0. The molecule has 136 valence electrons. The van der Waals surface area contributed by atoms with Crippen LogP contribution in [0.2, 0.25) is 0 Å². The van der Waals surface area contributed by atoms with E-state index in [-0.39, 0.29) is 5.97 Å². The second-order valence-electron chi connectivity index (χ2n) is 6.40. The van der Waals surface area contributed by atoms with Gasteiger partial charge in [-0.05, 0) is 63.0 Å². The van der Waals surface area contributed by atoms with E-state index in [0.717, 1.165) is 57.4 Å². The Bertz CT molecular complexity index is 510. The Morgan fingerprint density at radius 3 is 2.42 bits per heavy atom. The lowest BCUT2D eigenvalue weighted by atomic mass is 9.98. The van der Waals surface area contributed by atoms with Crippen molar-refractivity contribution in [2.45, 2.75) is 57.9 Å². The molecule has 0 unspecified atom stereocenters. The number of fused-ring (bicyclic) bond motifs is 1. The van der Waals surface area contributed by atoms with Gasteiger partial charge in [-0.2, -0.15) is 0 Å². The number of hydrogen-bond acceptors (Lipinski definition) is 4. The lowest BCUT2D eigenvalue weighted by Crippen LogP contribution is -2.16. The Balaban J connectivity index is 1.98. The van der Waals surface area contributed by atoms with Gasteiger partial charge in [-0.25, -0.2) is 4.79 Å². The fraction of sp³-hybridized carbons (Fsp3) is 0.737. The van der Waals surface area contributed by atoms with Crippen LogP contribution in [0, 0.1) is 0 Å². The van der Waals surface area contributed by atoms with E-state index in [9.17, 15) is 4.79 Å². The predicted molar refractivity (Wildman–Crippen MR) is 93.6 cm³/mol. The maximum Gasteiger partial charge on any atom is 0.354 e. The van der Waals surface area contributed by atoms with E-state index in [4.69, 9.17) is 14.2 Å². The maximum absolute atomic E-state index is 12.5. The smallest absolute Gasteiger partial charge is 0.354 e. The van der Waals surface area contributed by atoms with Gasteiger partial charge in [0.15, 0.2) is 0 Å². The van der Waals surface area contributed by atoms with Crippen LogP contribution in [0.15, 0.2) is 6.07 Å². The minimum absolute atomic E-state index is 0.187. The molecule has 1 aromatic rings. The number of carbonyl (C=O) groups is 1. The van der Waals surface area contributed by atoms with Crippen molar-refractivity contribution in [3.05, 3.63) is 23.0 Å². The Morgan fingerprint density at radius 1 is 1.00 bits per heavy atom. The summed E-state index contributed by atoms with van der Waals surface area (Å²) in [6.45, 7) is 2.80. The van der Waals surface area contributed by atoms with Gasteiger partial charge >= 0.3 is 5.97 Å². The highest BCUT2D eigenvalue weighted by Gasteiger charge is 2.22. The van der Waals surface area contributed by atoms with E-state index in [1.165, 1.54) is 24.1 Å². The Hall–Kier alpha value is -1.33. The summed E-state index contributed by atoms with van der Waals surface area (Å²) < 4.78 is 17.8. The number of nitrogens with zero attached hydrogens (tertiary/aromatic N) is 1. The average Bonchev–Trinajstić information content (AvgIpc) is 2.97. The minimum Gasteiger partial charge on any atom is -0.461 e. The van der Waals surface area contributed by atoms with Crippen LogP contribution >= 0.6 is 0 Å². The second-order valence-corrected chi connectivity index (χ2v) is 6.40. The number of unbranched alkanes of at least 4 members (excludes halogenated alkanes) is 2. The molecule has 0 spiro atoms. The number of esters is 1. The van der Waals surface area contributed by atoms with E-state index in [2.05, 4.69) is 10.6 Å². The summed E-state index contributed by atoms with van der Waals surface area (Å²) in [5.74, 6) is -0.187. The van der Waals surface area contributed by atoms with Crippen molar-refractivity contribution in [1.82, 2.24) is 4.57 Å². The van der Waals surface area contributed by atoms with Crippen LogP contribution in [-0.2, 0) is 33.6 Å². The molecule has 0 bridgehead atoms. The minimum atomic E-state index is -0.187. The Kier molecular flexibility index (Phi) is 8.33. The molecule has 0 atom stereocenters. The summed E-state index contributed by atoms with van der Waals surface area (Å²) in [6, 6.07) is 2.06. The van der Waals surface area contributed by atoms with Gasteiger partial charge in [-0.1, -0.05) is 0 Å². The first-order chi connectivity index (χ1) is 11.8. The van der Waals surface area contributed by atoms with Crippen molar-refractivity contribution in [3.8, 4) is 0 Å². The molecule has 1 aliphatic rings. The van der Waals surface area contributed by atoms with E-state index in [1.54, 1.807) is 14.2 Å². The van der Waals surface area contributed by atoms with Gasteiger partial charge in [0.25, 0.3) is 0 Å². The fourth-order valence-corrected chi connectivity index (χ4v) is 3.29. The Labute approximate surface area is 145 Å². The van der Waals surface area contributed by atoms with E-state index in [1.807, 2.05) is 0 Å². The molecule has 0 radical (unpaired) electrons. The number of methoxy groups -OCH3 is 2. The topological polar surface area (TPSA) is 49.7 Å². The third kappa shape index (κ3) is 5.35. The molecule has 0 aliphatic heterocycles. The van der Waals surface area contributed by atoms with Gasteiger partial charge in [0.1, 0.15) is 5.69 Å². The molecule has 0 saturated heterocycles. The third-order valence-corrected chi connectivity index (χ3v) is 4.57. The van der Waals surface area contributed by atoms with Crippen molar-refractivity contribution in [2.75, 3.05) is 34.0 Å². The normalized spacial score (nSPS) is 13.8. The molecule has 1 heterocycles. The van der Waals surface area contributed by atoms with Gasteiger partial charge in [0, 0.05) is 39.7 Å². The van der Waals surface area contributed by atoms with Gasteiger partial charge in [-0.3, -0.25) is 0 Å². The first-order valence-electron chi connectivity index (χ1n) is 9.14. The lowest BCUT2D eigenvalue weighted by Gasteiger charge is -2.17. The summed E-state index contributed by atoms with van der Waals surface area (Å²) >= 11 is 0. The molecule has 5 nitrogen and oxygen atoms in total. The molecule has 24 heavy (non-hydrogen) atoms. The molecule has 0 fully saturated rings. The van der Waals surface area contributed by atoms with E-state index >= 15 is 0 Å². The molecule has 2 rings (SSSR count). The number of rotatable bonds is 11. The summed E-state index contributed by atoms with van der Waals surface area (Å²) in [7, 11) is 3.41. The number of aromatic nitrogens is 1. The number of ether oxygens (including phenoxy) is 3. The second kappa shape index (κ2) is 10.5. The lowest BCUT2D eigenvalue weighted by molar-refractivity contribution is 0.0476. The molecule has 1 aromatic heterocycles.